The summed E-state index contributed by atoms with van der Waals surface area (Å²) in [6, 6.07) is 15.7. The van der Waals surface area contributed by atoms with Gasteiger partial charge in [-0.15, -0.1) is 0 Å². The topological polar surface area (TPSA) is 100 Å². The molecule has 0 heterocycles. The van der Waals surface area contributed by atoms with Crippen molar-refractivity contribution in [1.29, 1.82) is 5.26 Å². The summed E-state index contributed by atoms with van der Waals surface area (Å²) in [6.07, 6.45) is 1.33. The minimum absolute atomic E-state index is 0.131. The minimum Gasteiger partial charge on any atom is -0.496 e. The Balaban J connectivity index is 2.09. The Bertz CT molecular complexity index is 916. The summed E-state index contributed by atoms with van der Waals surface area (Å²) in [5.41, 5.74) is 1.24. The van der Waals surface area contributed by atoms with Gasteiger partial charge >= 0.3 is 5.97 Å². The Morgan fingerprint density at radius 1 is 1.14 bits per heavy atom. The Hall–Kier alpha value is -3.79. The zero-order valence-electron chi connectivity index (χ0n) is 15.7. The van der Waals surface area contributed by atoms with Crippen molar-refractivity contribution in [3.05, 3.63) is 71.4 Å². The molecule has 0 aliphatic carbocycles. The van der Waals surface area contributed by atoms with Gasteiger partial charge < -0.3 is 20.1 Å². The fraction of sp³-hybridized carbons (Fsp3) is 0.190. The van der Waals surface area contributed by atoms with Crippen LogP contribution in [0.2, 0.25) is 0 Å². The highest BCUT2D eigenvalue weighted by Crippen LogP contribution is 2.18. The molecular weight excluding hydrogens is 358 g/mol. The smallest absolute Gasteiger partial charge is 0.340 e. The number of methoxy groups -OCH3 is 1. The van der Waals surface area contributed by atoms with E-state index in [-0.39, 0.29) is 23.4 Å². The van der Waals surface area contributed by atoms with Crippen molar-refractivity contribution >= 4 is 17.6 Å². The van der Waals surface area contributed by atoms with Crippen LogP contribution in [-0.2, 0) is 16.1 Å². The number of para-hydroxylation sites is 2. The van der Waals surface area contributed by atoms with Crippen LogP contribution in [0.15, 0.2) is 60.3 Å². The average Bonchev–Trinajstić information content (AvgIpc) is 2.72. The number of ether oxygens (including phenoxy) is 2. The summed E-state index contributed by atoms with van der Waals surface area (Å²) >= 11 is 0. The van der Waals surface area contributed by atoms with Gasteiger partial charge in [0.2, 0.25) is 0 Å². The van der Waals surface area contributed by atoms with Crippen molar-refractivity contribution in [1.82, 2.24) is 5.32 Å². The molecule has 2 aromatic carbocycles. The second kappa shape index (κ2) is 10.4. The lowest BCUT2D eigenvalue weighted by Gasteiger charge is -2.10. The number of nitrogens with zero attached hydrogens (tertiary/aromatic N) is 1. The first-order valence-electron chi connectivity index (χ1n) is 8.63. The molecule has 0 aliphatic heterocycles. The molecular formula is C21H21N3O4. The predicted molar refractivity (Wildman–Crippen MR) is 105 cm³/mol. The van der Waals surface area contributed by atoms with Gasteiger partial charge in [0.25, 0.3) is 5.91 Å². The van der Waals surface area contributed by atoms with E-state index >= 15 is 0 Å². The standard InChI is InChI=1S/C21H21N3O4/c1-3-28-21(26)17-9-5-6-10-18(17)24-20(25)16(12-22)14-23-13-15-8-4-7-11-19(15)27-2/h4-11,14,23H,3,13H2,1-2H3,(H,24,25)/b16-14-. The quantitative estimate of drug-likeness (QED) is 0.415. The van der Waals surface area contributed by atoms with Gasteiger partial charge in [-0.25, -0.2) is 4.79 Å². The molecule has 0 spiro atoms. The zero-order chi connectivity index (χ0) is 20.4. The van der Waals surface area contributed by atoms with Crippen LogP contribution in [0.25, 0.3) is 0 Å². The molecule has 0 saturated carbocycles. The van der Waals surface area contributed by atoms with E-state index in [1.54, 1.807) is 38.3 Å². The van der Waals surface area contributed by atoms with Gasteiger partial charge in [0.15, 0.2) is 0 Å². The van der Waals surface area contributed by atoms with Crippen molar-refractivity contribution in [2.45, 2.75) is 13.5 Å². The third-order valence-electron chi connectivity index (χ3n) is 3.77. The Kier molecular flexibility index (Phi) is 7.61. The molecule has 2 N–H and O–H groups in total. The molecule has 7 heteroatoms. The van der Waals surface area contributed by atoms with Crippen molar-refractivity contribution in [2.24, 2.45) is 0 Å². The van der Waals surface area contributed by atoms with Gasteiger partial charge in [-0.05, 0) is 25.1 Å². The molecule has 144 valence electrons. The molecule has 2 rings (SSSR count). The second-order valence-electron chi connectivity index (χ2n) is 5.58. The maximum Gasteiger partial charge on any atom is 0.340 e. The van der Waals surface area contributed by atoms with Crippen molar-refractivity contribution in [3.63, 3.8) is 0 Å². The number of anilines is 1. The molecule has 2 aromatic rings. The third kappa shape index (κ3) is 5.35. The van der Waals surface area contributed by atoms with E-state index in [0.29, 0.717) is 12.3 Å². The number of nitrogens with one attached hydrogen (secondary N) is 2. The summed E-state index contributed by atoms with van der Waals surface area (Å²) in [5.74, 6) is -0.475. The van der Waals surface area contributed by atoms with E-state index < -0.39 is 11.9 Å². The van der Waals surface area contributed by atoms with Gasteiger partial charge in [0.05, 0.1) is 25.0 Å². The number of rotatable bonds is 8. The predicted octanol–water partition coefficient (Wildman–Crippen LogP) is 3.01. The van der Waals surface area contributed by atoms with Crippen LogP contribution < -0.4 is 15.4 Å². The van der Waals surface area contributed by atoms with Crippen molar-refractivity contribution in [2.75, 3.05) is 19.0 Å². The second-order valence-corrected chi connectivity index (χ2v) is 5.58. The highest BCUT2D eigenvalue weighted by molar-refractivity contribution is 6.09. The van der Waals surface area contributed by atoms with Crippen LogP contribution in [0.4, 0.5) is 5.69 Å². The van der Waals surface area contributed by atoms with Crippen LogP contribution in [0, 0.1) is 11.3 Å². The van der Waals surface area contributed by atoms with Crippen LogP contribution in [0.1, 0.15) is 22.8 Å². The first-order chi connectivity index (χ1) is 13.6. The first-order valence-corrected chi connectivity index (χ1v) is 8.63. The van der Waals surface area contributed by atoms with Crippen LogP contribution >= 0.6 is 0 Å². The molecule has 0 radical (unpaired) electrons. The molecule has 0 unspecified atom stereocenters. The van der Waals surface area contributed by atoms with E-state index in [9.17, 15) is 14.9 Å². The first kappa shape index (κ1) is 20.5. The van der Waals surface area contributed by atoms with E-state index in [0.717, 1.165) is 5.56 Å². The zero-order valence-corrected chi connectivity index (χ0v) is 15.7. The van der Waals surface area contributed by atoms with Crippen molar-refractivity contribution in [3.8, 4) is 11.8 Å². The van der Waals surface area contributed by atoms with Gasteiger partial charge in [0, 0.05) is 18.3 Å². The molecule has 7 nitrogen and oxygen atoms in total. The summed E-state index contributed by atoms with van der Waals surface area (Å²) in [4.78, 5) is 24.4. The number of hydrogen-bond donors (Lipinski definition) is 2. The summed E-state index contributed by atoms with van der Waals surface area (Å²) in [7, 11) is 1.57. The molecule has 0 fully saturated rings. The number of amides is 1. The lowest BCUT2D eigenvalue weighted by atomic mass is 10.1. The number of nitriles is 1. The molecule has 28 heavy (non-hydrogen) atoms. The molecule has 0 aromatic heterocycles. The number of carbonyl (C=O) groups excluding carboxylic acids is 2. The number of hydrogen-bond acceptors (Lipinski definition) is 6. The average molecular weight is 379 g/mol. The number of carbonyl (C=O) groups is 2. The van der Waals surface area contributed by atoms with Crippen molar-refractivity contribution < 1.29 is 19.1 Å². The monoisotopic (exact) mass is 379 g/mol. The summed E-state index contributed by atoms with van der Waals surface area (Å²) < 4.78 is 10.2. The minimum atomic E-state index is -0.633. The number of benzene rings is 2. The van der Waals surface area contributed by atoms with Gasteiger partial charge in [-0.3, -0.25) is 4.79 Å². The SMILES string of the molecule is CCOC(=O)c1ccccc1NC(=O)/C(C#N)=C\NCc1ccccc1OC. The van der Waals surface area contributed by atoms with E-state index in [1.165, 1.54) is 6.20 Å². The van der Waals surface area contributed by atoms with Crippen LogP contribution in [0.5, 0.6) is 5.75 Å². The number of esters is 1. The fourth-order valence-electron chi connectivity index (χ4n) is 2.43. The Labute approximate surface area is 163 Å². The van der Waals surface area contributed by atoms with Gasteiger partial charge in [-0.2, -0.15) is 5.26 Å². The van der Waals surface area contributed by atoms with E-state index in [4.69, 9.17) is 9.47 Å². The highest BCUT2D eigenvalue weighted by atomic mass is 16.5. The molecule has 0 saturated heterocycles. The van der Waals surface area contributed by atoms with Crippen LogP contribution in [0.3, 0.4) is 0 Å². The fourth-order valence-corrected chi connectivity index (χ4v) is 2.43. The Morgan fingerprint density at radius 2 is 1.86 bits per heavy atom. The third-order valence-corrected chi connectivity index (χ3v) is 3.77. The van der Waals surface area contributed by atoms with E-state index in [1.807, 2.05) is 30.3 Å². The van der Waals surface area contributed by atoms with Crippen LogP contribution in [-0.4, -0.2) is 25.6 Å². The molecule has 1 amide bonds. The van der Waals surface area contributed by atoms with E-state index in [2.05, 4.69) is 10.6 Å². The highest BCUT2D eigenvalue weighted by Gasteiger charge is 2.16. The molecule has 0 atom stereocenters. The molecule has 0 aliphatic rings. The van der Waals surface area contributed by atoms with Gasteiger partial charge in [-0.1, -0.05) is 30.3 Å². The van der Waals surface area contributed by atoms with Gasteiger partial charge in [0.1, 0.15) is 17.4 Å². The molecule has 0 bridgehead atoms. The maximum atomic E-state index is 12.4. The summed E-state index contributed by atoms with van der Waals surface area (Å²) in [6.45, 7) is 2.29. The maximum absolute atomic E-state index is 12.4. The Morgan fingerprint density at radius 3 is 2.57 bits per heavy atom. The lowest BCUT2D eigenvalue weighted by Crippen LogP contribution is -2.19. The normalized spacial score (nSPS) is 10.5. The summed E-state index contributed by atoms with van der Waals surface area (Å²) in [5, 5.41) is 14.8. The largest absolute Gasteiger partial charge is 0.496 e. The lowest BCUT2D eigenvalue weighted by molar-refractivity contribution is -0.112.